The van der Waals surface area contributed by atoms with Crippen molar-refractivity contribution in [2.24, 2.45) is 5.92 Å². The van der Waals surface area contributed by atoms with Gasteiger partial charge < -0.3 is 9.73 Å². The molecule has 0 saturated carbocycles. The zero-order valence-corrected chi connectivity index (χ0v) is 11.3. The predicted molar refractivity (Wildman–Crippen MR) is 69.9 cm³/mol. The molecule has 96 valence electrons. The van der Waals surface area contributed by atoms with Crippen LogP contribution in [0, 0.1) is 12.8 Å². The summed E-state index contributed by atoms with van der Waals surface area (Å²) in [6, 6.07) is 2.21. The molecule has 1 aliphatic rings. The molecule has 1 unspecified atom stereocenters. The van der Waals surface area contributed by atoms with E-state index in [1.54, 1.807) is 0 Å². The number of furan rings is 1. The number of hydrogen-bond acceptors (Lipinski definition) is 3. The molecule has 2 heterocycles. The van der Waals surface area contributed by atoms with Gasteiger partial charge in [-0.15, -0.1) is 0 Å². The van der Waals surface area contributed by atoms with Gasteiger partial charge >= 0.3 is 0 Å². The molecule has 1 N–H and O–H groups in total. The Morgan fingerprint density at radius 1 is 1.53 bits per heavy atom. The van der Waals surface area contributed by atoms with Gasteiger partial charge in [0.15, 0.2) is 0 Å². The van der Waals surface area contributed by atoms with E-state index in [0.29, 0.717) is 0 Å². The number of likely N-dealkylation sites (tertiary alicyclic amines) is 1. The number of nitrogens with zero attached hydrogens (tertiary/aromatic N) is 1. The van der Waals surface area contributed by atoms with Crippen LogP contribution in [0.1, 0.15) is 37.4 Å². The summed E-state index contributed by atoms with van der Waals surface area (Å²) in [6.45, 7) is 11.9. The highest BCUT2D eigenvalue weighted by Crippen LogP contribution is 2.21. The quantitative estimate of drug-likeness (QED) is 0.851. The van der Waals surface area contributed by atoms with Gasteiger partial charge in [0, 0.05) is 18.7 Å². The van der Waals surface area contributed by atoms with E-state index in [-0.39, 0.29) is 0 Å². The summed E-state index contributed by atoms with van der Waals surface area (Å²) in [6.07, 6.45) is 1.33. The van der Waals surface area contributed by atoms with Crippen LogP contribution in [0.4, 0.5) is 0 Å². The van der Waals surface area contributed by atoms with Crippen LogP contribution in [0.3, 0.4) is 0 Å². The van der Waals surface area contributed by atoms with Crippen molar-refractivity contribution in [3.8, 4) is 0 Å². The first-order valence-corrected chi connectivity index (χ1v) is 6.70. The largest absolute Gasteiger partial charge is 0.465 e. The van der Waals surface area contributed by atoms with Crippen LogP contribution in [-0.2, 0) is 13.1 Å². The van der Waals surface area contributed by atoms with Crippen LogP contribution in [0.25, 0.3) is 0 Å². The topological polar surface area (TPSA) is 28.4 Å². The monoisotopic (exact) mass is 236 g/mol. The zero-order valence-electron chi connectivity index (χ0n) is 11.3. The van der Waals surface area contributed by atoms with Crippen molar-refractivity contribution < 1.29 is 4.42 Å². The van der Waals surface area contributed by atoms with E-state index in [1.165, 1.54) is 25.1 Å². The first kappa shape index (κ1) is 12.7. The van der Waals surface area contributed by atoms with Gasteiger partial charge in [0.1, 0.15) is 11.5 Å². The number of rotatable bonds is 5. The van der Waals surface area contributed by atoms with Crippen molar-refractivity contribution in [1.82, 2.24) is 10.2 Å². The highest BCUT2D eigenvalue weighted by molar-refractivity contribution is 5.20. The zero-order chi connectivity index (χ0) is 12.3. The molecule has 1 aromatic heterocycles. The molecule has 17 heavy (non-hydrogen) atoms. The van der Waals surface area contributed by atoms with Crippen LogP contribution < -0.4 is 5.32 Å². The molecule has 0 bridgehead atoms. The van der Waals surface area contributed by atoms with Gasteiger partial charge in [-0.3, -0.25) is 4.90 Å². The standard InChI is InChI=1S/C14H24N2O/c1-4-15-8-14-7-13(12(3)17-14)10-16-6-5-11(2)9-16/h7,11,15H,4-6,8-10H2,1-3H3. The Morgan fingerprint density at radius 2 is 2.35 bits per heavy atom. The smallest absolute Gasteiger partial charge is 0.118 e. The highest BCUT2D eigenvalue weighted by atomic mass is 16.3. The van der Waals surface area contributed by atoms with Crippen LogP contribution in [0.2, 0.25) is 0 Å². The van der Waals surface area contributed by atoms with E-state index in [4.69, 9.17) is 4.42 Å². The Morgan fingerprint density at radius 3 is 3.00 bits per heavy atom. The fraction of sp³-hybridized carbons (Fsp3) is 0.714. The molecule has 2 rings (SSSR count). The fourth-order valence-corrected chi connectivity index (χ4v) is 2.49. The van der Waals surface area contributed by atoms with Gasteiger partial charge in [0.2, 0.25) is 0 Å². The Balaban J connectivity index is 1.93. The number of aryl methyl sites for hydroxylation is 1. The van der Waals surface area contributed by atoms with Crippen molar-refractivity contribution in [3.05, 3.63) is 23.2 Å². The van der Waals surface area contributed by atoms with Crippen molar-refractivity contribution in [1.29, 1.82) is 0 Å². The lowest BCUT2D eigenvalue weighted by molar-refractivity contribution is 0.317. The van der Waals surface area contributed by atoms with Crippen molar-refractivity contribution in [2.45, 2.75) is 40.3 Å². The first-order valence-electron chi connectivity index (χ1n) is 6.70. The summed E-state index contributed by atoms with van der Waals surface area (Å²) in [5, 5.41) is 3.30. The van der Waals surface area contributed by atoms with Crippen LogP contribution in [-0.4, -0.2) is 24.5 Å². The molecule has 1 aromatic rings. The van der Waals surface area contributed by atoms with E-state index in [1.807, 2.05) is 0 Å². The lowest BCUT2D eigenvalue weighted by Gasteiger charge is -2.14. The Bertz CT molecular complexity index is 359. The molecular formula is C14H24N2O. The van der Waals surface area contributed by atoms with E-state index < -0.39 is 0 Å². The second kappa shape index (κ2) is 5.69. The minimum absolute atomic E-state index is 0.841. The summed E-state index contributed by atoms with van der Waals surface area (Å²) in [5.41, 5.74) is 1.35. The molecule has 3 nitrogen and oxygen atoms in total. The van der Waals surface area contributed by atoms with E-state index in [0.717, 1.165) is 37.1 Å². The Kier molecular flexibility index (Phi) is 4.24. The predicted octanol–water partition coefficient (Wildman–Crippen LogP) is 2.54. The SMILES string of the molecule is CCNCc1cc(CN2CCC(C)C2)c(C)o1. The Labute approximate surface area is 104 Å². The summed E-state index contributed by atoms with van der Waals surface area (Å²) < 4.78 is 5.76. The van der Waals surface area contributed by atoms with Gasteiger partial charge in [0.25, 0.3) is 0 Å². The molecular weight excluding hydrogens is 212 g/mol. The second-order valence-electron chi connectivity index (χ2n) is 5.20. The van der Waals surface area contributed by atoms with Crippen LogP contribution in [0.15, 0.2) is 10.5 Å². The maximum atomic E-state index is 5.76. The van der Waals surface area contributed by atoms with E-state index >= 15 is 0 Å². The third-order valence-corrected chi connectivity index (χ3v) is 3.52. The maximum Gasteiger partial charge on any atom is 0.118 e. The van der Waals surface area contributed by atoms with Crippen molar-refractivity contribution >= 4 is 0 Å². The normalized spacial score (nSPS) is 21.2. The summed E-state index contributed by atoms with van der Waals surface area (Å²) in [7, 11) is 0. The summed E-state index contributed by atoms with van der Waals surface area (Å²) >= 11 is 0. The summed E-state index contributed by atoms with van der Waals surface area (Å²) in [4.78, 5) is 2.53. The first-order chi connectivity index (χ1) is 8.19. The molecule has 0 aromatic carbocycles. The third-order valence-electron chi connectivity index (χ3n) is 3.52. The minimum Gasteiger partial charge on any atom is -0.465 e. The van der Waals surface area contributed by atoms with Gasteiger partial charge in [-0.1, -0.05) is 13.8 Å². The van der Waals surface area contributed by atoms with E-state index in [9.17, 15) is 0 Å². The van der Waals surface area contributed by atoms with Crippen LogP contribution >= 0.6 is 0 Å². The van der Waals surface area contributed by atoms with Crippen LogP contribution in [0.5, 0.6) is 0 Å². The van der Waals surface area contributed by atoms with Crippen molar-refractivity contribution in [2.75, 3.05) is 19.6 Å². The van der Waals surface area contributed by atoms with Gasteiger partial charge in [-0.05, 0) is 38.4 Å². The number of hydrogen-bond donors (Lipinski definition) is 1. The molecule has 0 radical (unpaired) electrons. The Hall–Kier alpha value is -0.800. The molecule has 0 amide bonds. The maximum absolute atomic E-state index is 5.76. The van der Waals surface area contributed by atoms with Gasteiger partial charge in [-0.2, -0.15) is 0 Å². The fourth-order valence-electron chi connectivity index (χ4n) is 2.49. The van der Waals surface area contributed by atoms with E-state index in [2.05, 4.69) is 37.1 Å². The lowest BCUT2D eigenvalue weighted by atomic mass is 10.2. The third kappa shape index (κ3) is 3.33. The molecule has 1 fully saturated rings. The number of nitrogens with one attached hydrogen (secondary N) is 1. The molecule has 3 heteroatoms. The van der Waals surface area contributed by atoms with Crippen molar-refractivity contribution in [3.63, 3.8) is 0 Å². The summed E-state index contributed by atoms with van der Waals surface area (Å²) in [5.74, 6) is 2.99. The lowest BCUT2D eigenvalue weighted by Crippen LogP contribution is -2.19. The average molecular weight is 236 g/mol. The molecule has 1 atom stereocenters. The van der Waals surface area contributed by atoms with Gasteiger partial charge in [-0.25, -0.2) is 0 Å². The van der Waals surface area contributed by atoms with Gasteiger partial charge in [0.05, 0.1) is 6.54 Å². The molecule has 0 aliphatic carbocycles. The molecule has 1 saturated heterocycles. The highest BCUT2D eigenvalue weighted by Gasteiger charge is 2.20. The second-order valence-corrected chi connectivity index (χ2v) is 5.20. The average Bonchev–Trinajstić information content (AvgIpc) is 2.84. The molecule has 1 aliphatic heterocycles. The molecule has 0 spiro atoms. The minimum atomic E-state index is 0.841.